The maximum atomic E-state index is 10.5. The number of carbonyl (C=O) groups is 2. The quantitative estimate of drug-likeness (QED) is 0.407. The fourth-order valence-corrected chi connectivity index (χ4v) is 0.770. The predicted molar refractivity (Wildman–Crippen MR) is 32.5 cm³/mol. The molecule has 0 saturated carbocycles. The average Bonchev–Trinajstić information content (AvgIpc) is 1.95. The first-order valence-electron chi connectivity index (χ1n) is 2.84. The van der Waals surface area contributed by atoms with E-state index >= 15 is 0 Å². The Labute approximate surface area is 61.8 Å². The molecule has 58 valence electrons. The van der Waals surface area contributed by atoms with Crippen molar-refractivity contribution >= 4 is 12.0 Å². The van der Waals surface area contributed by atoms with Crippen molar-refractivity contribution in [3.05, 3.63) is 0 Å². The van der Waals surface area contributed by atoms with Crippen molar-refractivity contribution in [2.45, 2.75) is 12.1 Å². The molecule has 6 nitrogen and oxygen atoms in total. The van der Waals surface area contributed by atoms with E-state index in [9.17, 15) is 9.59 Å². The first-order chi connectivity index (χ1) is 5.15. The Kier molecular flexibility index (Phi) is 1.64. The van der Waals surface area contributed by atoms with E-state index < -0.39 is 24.1 Å². The van der Waals surface area contributed by atoms with Crippen molar-refractivity contribution in [2.24, 2.45) is 0 Å². The molecule has 1 fully saturated rings. The number of amides is 2. The van der Waals surface area contributed by atoms with Crippen molar-refractivity contribution < 1.29 is 14.7 Å². The fourth-order valence-electron chi connectivity index (χ4n) is 0.770. The summed E-state index contributed by atoms with van der Waals surface area (Å²) in [5.74, 6) is -0.459. The van der Waals surface area contributed by atoms with E-state index in [0.717, 1.165) is 0 Å². The minimum atomic E-state index is -1.30. The lowest BCUT2D eigenvalue weighted by Crippen LogP contribution is -2.68. The smallest absolute Gasteiger partial charge is 0.405 e. The van der Waals surface area contributed by atoms with Gasteiger partial charge in [0.2, 0.25) is 5.91 Å². The van der Waals surface area contributed by atoms with Crippen LogP contribution in [0.15, 0.2) is 0 Å². The van der Waals surface area contributed by atoms with Crippen LogP contribution in [0.3, 0.4) is 0 Å². The second kappa shape index (κ2) is 2.46. The molecule has 0 aliphatic carbocycles. The molecule has 1 saturated heterocycles. The highest BCUT2D eigenvalue weighted by molar-refractivity contribution is 5.92. The molecule has 1 heterocycles. The van der Waals surface area contributed by atoms with Crippen LogP contribution in [-0.2, 0) is 4.79 Å². The second-order valence-electron chi connectivity index (χ2n) is 2.04. The summed E-state index contributed by atoms with van der Waals surface area (Å²) >= 11 is 0. The summed E-state index contributed by atoms with van der Waals surface area (Å²) in [6, 6.07) is 0.101. The Morgan fingerprint density at radius 3 is 2.82 bits per heavy atom. The van der Waals surface area contributed by atoms with E-state index in [1.165, 1.54) is 0 Å². The number of β-lactam (4-membered cyclic amide) rings is 1. The van der Waals surface area contributed by atoms with Crippen LogP contribution < -0.4 is 10.6 Å². The Hall–Kier alpha value is -1.77. The summed E-state index contributed by atoms with van der Waals surface area (Å²) in [4.78, 5) is 20.6. The van der Waals surface area contributed by atoms with E-state index in [-0.39, 0.29) is 0 Å². The molecule has 0 spiro atoms. The van der Waals surface area contributed by atoms with Crippen molar-refractivity contribution in [1.82, 2.24) is 10.6 Å². The minimum Gasteiger partial charge on any atom is -0.465 e. The van der Waals surface area contributed by atoms with E-state index in [1.54, 1.807) is 6.07 Å². The summed E-state index contributed by atoms with van der Waals surface area (Å²) in [5, 5.41) is 20.6. The van der Waals surface area contributed by atoms with E-state index in [0.29, 0.717) is 0 Å². The SMILES string of the molecule is N#C[C@H]1NC(=O)[C@H]1NC(=O)O. The first-order valence-corrected chi connectivity index (χ1v) is 2.84. The van der Waals surface area contributed by atoms with E-state index in [4.69, 9.17) is 10.4 Å². The van der Waals surface area contributed by atoms with Gasteiger partial charge in [-0.05, 0) is 0 Å². The van der Waals surface area contributed by atoms with Crippen LogP contribution in [0.1, 0.15) is 0 Å². The molecule has 0 aromatic rings. The average molecular weight is 155 g/mol. The molecule has 2 atom stereocenters. The molecule has 1 rings (SSSR count). The van der Waals surface area contributed by atoms with Crippen molar-refractivity contribution in [3.63, 3.8) is 0 Å². The van der Waals surface area contributed by atoms with Gasteiger partial charge in [-0.25, -0.2) is 4.79 Å². The molecule has 2 amide bonds. The standard InChI is InChI=1S/C5H5N3O3/c6-1-2-3(4(9)7-2)8-5(10)11/h2-3,8H,(H,7,9)(H,10,11)/t2-,3+/m1/s1. The maximum absolute atomic E-state index is 10.5. The highest BCUT2D eigenvalue weighted by atomic mass is 16.4. The van der Waals surface area contributed by atoms with E-state index in [1.807, 2.05) is 5.32 Å². The summed E-state index contributed by atoms with van der Waals surface area (Å²) in [7, 11) is 0. The van der Waals surface area contributed by atoms with Crippen LogP contribution in [0.4, 0.5) is 4.79 Å². The summed E-state index contributed by atoms with van der Waals surface area (Å²) in [6.45, 7) is 0. The van der Waals surface area contributed by atoms with Gasteiger partial charge in [0.1, 0.15) is 12.1 Å². The van der Waals surface area contributed by atoms with Gasteiger partial charge < -0.3 is 15.7 Å². The molecule has 0 unspecified atom stereocenters. The zero-order chi connectivity index (χ0) is 8.43. The monoisotopic (exact) mass is 155 g/mol. The molecule has 3 N–H and O–H groups in total. The van der Waals surface area contributed by atoms with Gasteiger partial charge in [0, 0.05) is 0 Å². The second-order valence-corrected chi connectivity index (χ2v) is 2.04. The van der Waals surface area contributed by atoms with Crippen LogP contribution in [0, 0.1) is 11.3 Å². The number of rotatable bonds is 1. The summed E-state index contributed by atoms with van der Waals surface area (Å²) in [5.41, 5.74) is 0. The fraction of sp³-hybridized carbons (Fsp3) is 0.400. The minimum absolute atomic E-state index is 0.459. The van der Waals surface area contributed by atoms with Crippen LogP contribution >= 0.6 is 0 Å². The van der Waals surface area contributed by atoms with E-state index in [2.05, 4.69) is 5.32 Å². The molecule has 6 heteroatoms. The third-order valence-electron chi connectivity index (χ3n) is 1.33. The molecular formula is C5H5N3O3. The zero-order valence-corrected chi connectivity index (χ0v) is 5.37. The first kappa shape index (κ1) is 7.34. The summed E-state index contributed by atoms with van der Waals surface area (Å²) in [6.07, 6.45) is -1.30. The zero-order valence-electron chi connectivity index (χ0n) is 5.37. The number of nitrogens with one attached hydrogen (secondary N) is 2. The number of carbonyl (C=O) groups excluding carboxylic acids is 1. The highest BCUT2D eigenvalue weighted by Crippen LogP contribution is 2.03. The number of carboxylic acid groups (broad SMARTS) is 1. The van der Waals surface area contributed by atoms with Crippen molar-refractivity contribution in [3.8, 4) is 6.07 Å². The van der Waals surface area contributed by atoms with Gasteiger partial charge in [0.05, 0.1) is 6.07 Å². The topological polar surface area (TPSA) is 102 Å². The molecule has 0 aromatic heterocycles. The van der Waals surface area contributed by atoms with Crippen molar-refractivity contribution in [2.75, 3.05) is 0 Å². The Balaban J connectivity index is 2.51. The lowest BCUT2D eigenvalue weighted by molar-refractivity contribution is -0.129. The summed E-state index contributed by atoms with van der Waals surface area (Å²) < 4.78 is 0. The van der Waals surface area contributed by atoms with Gasteiger partial charge >= 0.3 is 6.09 Å². The van der Waals surface area contributed by atoms with Gasteiger partial charge in [-0.3, -0.25) is 4.79 Å². The lowest BCUT2D eigenvalue weighted by Gasteiger charge is -2.30. The number of nitrogens with zero attached hydrogens (tertiary/aromatic N) is 1. The van der Waals surface area contributed by atoms with Gasteiger partial charge in [-0.2, -0.15) is 5.26 Å². The molecule has 1 aliphatic heterocycles. The lowest BCUT2D eigenvalue weighted by atomic mass is 10.0. The molecular weight excluding hydrogens is 150 g/mol. The molecule has 0 bridgehead atoms. The van der Waals surface area contributed by atoms with Crippen LogP contribution in [0.2, 0.25) is 0 Å². The molecule has 1 aliphatic rings. The number of nitriles is 1. The number of hydrogen-bond donors (Lipinski definition) is 3. The Morgan fingerprint density at radius 1 is 1.82 bits per heavy atom. The van der Waals surface area contributed by atoms with Gasteiger partial charge in [0.25, 0.3) is 0 Å². The molecule has 11 heavy (non-hydrogen) atoms. The molecule has 0 radical (unpaired) electrons. The predicted octanol–water partition coefficient (Wildman–Crippen LogP) is -1.36. The van der Waals surface area contributed by atoms with Crippen LogP contribution in [0.25, 0.3) is 0 Å². The third kappa shape index (κ3) is 1.21. The normalized spacial score (nSPS) is 27.7. The van der Waals surface area contributed by atoms with Crippen molar-refractivity contribution in [1.29, 1.82) is 5.26 Å². The number of hydrogen-bond acceptors (Lipinski definition) is 3. The Bertz CT molecular complexity index is 244. The third-order valence-corrected chi connectivity index (χ3v) is 1.33. The Morgan fingerprint density at radius 2 is 2.45 bits per heavy atom. The van der Waals surface area contributed by atoms with Gasteiger partial charge in [0.15, 0.2) is 0 Å². The van der Waals surface area contributed by atoms with Gasteiger partial charge in [-0.1, -0.05) is 0 Å². The maximum Gasteiger partial charge on any atom is 0.405 e. The highest BCUT2D eigenvalue weighted by Gasteiger charge is 2.40. The van der Waals surface area contributed by atoms with Crippen LogP contribution in [-0.4, -0.2) is 29.2 Å². The largest absolute Gasteiger partial charge is 0.465 e. The van der Waals surface area contributed by atoms with Crippen LogP contribution in [0.5, 0.6) is 0 Å². The van der Waals surface area contributed by atoms with Gasteiger partial charge in [-0.15, -0.1) is 0 Å². The molecule has 0 aromatic carbocycles.